The Labute approximate surface area is 150 Å². The van der Waals surface area contributed by atoms with E-state index in [2.05, 4.69) is 4.98 Å². The first-order valence-corrected chi connectivity index (χ1v) is 8.37. The lowest BCUT2D eigenvalue weighted by Crippen LogP contribution is -2.16. The maximum atomic E-state index is 12.3. The van der Waals surface area contributed by atoms with Gasteiger partial charge in [-0.05, 0) is 29.8 Å². The van der Waals surface area contributed by atoms with Crippen molar-refractivity contribution in [3.8, 4) is 16.9 Å². The quantitative estimate of drug-likeness (QED) is 0.554. The first kappa shape index (κ1) is 16.0. The number of aromatic nitrogens is 2. The van der Waals surface area contributed by atoms with Gasteiger partial charge in [0.1, 0.15) is 17.9 Å². The summed E-state index contributed by atoms with van der Waals surface area (Å²) in [6.07, 6.45) is 3.59. The number of nitrogens with zero attached hydrogens (tertiary/aromatic N) is 1. The number of aromatic amines is 1. The molecular formula is C21H19N3O2. The molecule has 0 aliphatic carbocycles. The molecule has 5 heteroatoms. The number of aryl methyl sites for hydroxylation is 1. The number of fused-ring (bicyclic) bond motifs is 1. The molecule has 0 saturated heterocycles. The van der Waals surface area contributed by atoms with Gasteiger partial charge in [0.2, 0.25) is 0 Å². The number of anilines is 1. The molecule has 0 radical (unpaired) electrons. The lowest BCUT2D eigenvalue weighted by Gasteiger charge is -2.14. The van der Waals surface area contributed by atoms with Crippen LogP contribution in [-0.4, -0.2) is 9.55 Å². The molecule has 0 atom stereocenters. The van der Waals surface area contributed by atoms with Gasteiger partial charge >= 0.3 is 0 Å². The van der Waals surface area contributed by atoms with Crippen molar-refractivity contribution in [3.05, 3.63) is 82.9 Å². The fraction of sp³-hybridized carbons (Fsp3) is 0.0952. The minimum absolute atomic E-state index is 0.0654. The Bertz CT molecular complexity index is 1130. The molecule has 130 valence electrons. The summed E-state index contributed by atoms with van der Waals surface area (Å²) in [5.41, 5.74) is 10.0. The van der Waals surface area contributed by atoms with E-state index in [4.69, 9.17) is 10.5 Å². The Morgan fingerprint density at radius 3 is 2.69 bits per heavy atom. The zero-order chi connectivity index (χ0) is 18.1. The number of hydrogen-bond acceptors (Lipinski definition) is 3. The molecule has 0 amide bonds. The first-order chi connectivity index (χ1) is 12.6. The van der Waals surface area contributed by atoms with Crippen molar-refractivity contribution < 1.29 is 4.74 Å². The van der Waals surface area contributed by atoms with Crippen molar-refractivity contribution in [2.75, 3.05) is 5.73 Å². The normalized spacial score (nSPS) is 11.0. The lowest BCUT2D eigenvalue weighted by atomic mass is 10.0. The van der Waals surface area contributed by atoms with E-state index in [9.17, 15) is 4.79 Å². The lowest BCUT2D eigenvalue weighted by molar-refractivity contribution is 0.307. The van der Waals surface area contributed by atoms with Crippen LogP contribution in [0.25, 0.3) is 22.0 Å². The molecule has 26 heavy (non-hydrogen) atoms. The summed E-state index contributed by atoms with van der Waals surface area (Å²) in [6, 6.07) is 17.5. The van der Waals surface area contributed by atoms with Gasteiger partial charge in [-0.1, -0.05) is 30.3 Å². The summed E-state index contributed by atoms with van der Waals surface area (Å²) in [4.78, 5) is 15.3. The zero-order valence-electron chi connectivity index (χ0n) is 14.4. The van der Waals surface area contributed by atoms with Gasteiger partial charge in [-0.3, -0.25) is 4.79 Å². The van der Waals surface area contributed by atoms with Crippen molar-refractivity contribution >= 4 is 16.6 Å². The van der Waals surface area contributed by atoms with Crippen LogP contribution < -0.4 is 16.0 Å². The minimum Gasteiger partial charge on any atom is -0.488 e. The summed E-state index contributed by atoms with van der Waals surface area (Å²) in [5, 5.41) is 0.850. The second-order valence-electron chi connectivity index (χ2n) is 6.26. The Morgan fingerprint density at radius 1 is 1.08 bits per heavy atom. The predicted molar refractivity (Wildman–Crippen MR) is 104 cm³/mol. The number of H-pyrrole nitrogens is 1. The van der Waals surface area contributed by atoms with Gasteiger partial charge in [0.25, 0.3) is 5.56 Å². The number of nitrogens with one attached hydrogen (secondary N) is 1. The van der Waals surface area contributed by atoms with Crippen molar-refractivity contribution in [1.82, 2.24) is 9.55 Å². The standard InChI is InChI=1S/C21H19N3O2/c1-24-12-18(16-9-10-23-20(16)21(24)25)17-11-15(22)7-8-19(17)26-13-14-5-3-2-4-6-14/h2-12,23H,13,22H2,1H3. The Kier molecular flexibility index (Phi) is 3.97. The van der Waals surface area contributed by atoms with E-state index in [1.807, 2.05) is 60.8 Å². The van der Waals surface area contributed by atoms with Gasteiger partial charge < -0.3 is 20.0 Å². The molecule has 0 bridgehead atoms. The average Bonchev–Trinajstić information content (AvgIpc) is 3.15. The molecule has 4 rings (SSSR count). The highest BCUT2D eigenvalue weighted by molar-refractivity contribution is 5.96. The van der Waals surface area contributed by atoms with Gasteiger partial charge in [0.05, 0.1) is 0 Å². The molecule has 5 nitrogen and oxygen atoms in total. The second kappa shape index (κ2) is 6.44. The smallest absolute Gasteiger partial charge is 0.274 e. The monoisotopic (exact) mass is 345 g/mol. The molecule has 2 aromatic carbocycles. The molecule has 0 aliphatic heterocycles. The SMILES string of the molecule is Cn1cc(-c2cc(N)ccc2OCc2ccccc2)c2cc[nH]c2c1=O. The predicted octanol–water partition coefficient (Wildman–Crippen LogP) is 3.69. The summed E-state index contributed by atoms with van der Waals surface area (Å²) in [6.45, 7) is 0.458. The number of rotatable bonds is 4. The molecule has 4 aromatic rings. The van der Waals surface area contributed by atoms with Crippen molar-refractivity contribution in [1.29, 1.82) is 0 Å². The molecule has 0 unspecified atom stereocenters. The molecule has 2 heterocycles. The topological polar surface area (TPSA) is 73.0 Å². The Morgan fingerprint density at radius 2 is 1.88 bits per heavy atom. The number of nitrogens with two attached hydrogens (primary N) is 1. The summed E-state index contributed by atoms with van der Waals surface area (Å²) >= 11 is 0. The van der Waals surface area contributed by atoms with Crippen LogP contribution in [-0.2, 0) is 13.7 Å². The average molecular weight is 345 g/mol. The largest absolute Gasteiger partial charge is 0.488 e. The third kappa shape index (κ3) is 2.84. The molecule has 0 aliphatic rings. The van der Waals surface area contributed by atoms with E-state index < -0.39 is 0 Å². The molecule has 0 spiro atoms. The molecule has 0 fully saturated rings. The fourth-order valence-corrected chi connectivity index (χ4v) is 3.10. The second-order valence-corrected chi connectivity index (χ2v) is 6.26. The summed E-state index contributed by atoms with van der Waals surface area (Å²) < 4.78 is 7.64. The van der Waals surface area contributed by atoms with Crippen LogP contribution in [0.3, 0.4) is 0 Å². The van der Waals surface area contributed by atoms with Crippen LogP contribution >= 0.6 is 0 Å². The van der Waals surface area contributed by atoms with Gasteiger partial charge in [-0.2, -0.15) is 0 Å². The van der Waals surface area contributed by atoms with Crippen LogP contribution in [0.1, 0.15) is 5.56 Å². The maximum Gasteiger partial charge on any atom is 0.274 e. The van der Waals surface area contributed by atoms with E-state index in [-0.39, 0.29) is 5.56 Å². The highest BCUT2D eigenvalue weighted by Crippen LogP contribution is 2.35. The van der Waals surface area contributed by atoms with Crippen molar-refractivity contribution in [2.45, 2.75) is 6.61 Å². The molecular weight excluding hydrogens is 326 g/mol. The van der Waals surface area contributed by atoms with E-state index in [1.165, 1.54) is 0 Å². The molecule has 3 N–H and O–H groups in total. The molecule has 0 saturated carbocycles. The van der Waals surface area contributed by atoms with E-state index in [0.717, 1.165) is 27.8 Å². The number of ether oxygens (including phenoxy) is 1. The maximum absolute atomic E-state index is 12.3. The highest BCUT2D eigenvalue weighted by atomic mass is 16.5. The van der Waals surface area contributed by atoms with Crippen molar-refractivity contribution in [2.24, 2.45) is 7.05 Å². The van der Waals surface area contributed by atoms with Crippen LogP contribution in [0, 0.1) is 0 Å². The summed E-state index contributed by atoms with van der Waals surface area (Å²) in [7, 11) is 1.74. The van der Waals surface area contributed by atoms with Crippen LogP contribution in [0.15, 0.2) is 71.8 Å². The van der Waals surface area contributed by atoms with Crippen LogP contribution in [0.5, 0.6) is 5.75 Å². The van der Waals surface area contributed by atoms with Gasteiger partial charge in [-0.25, -0.2) is 0 Å². The van der Waals surface area contributed by atoms with Crippen molar-refractivity contribution in [3.63, 3.8) is 0 Å². The fourth-order valence-electron chi connectivity index (χ4n) is 3.10. The van der Waals surface area contributed by atoms with Gasteiger partial charge in [0, 0.05) is 41.6 Å². The van der Waals surface area contributed by atoms with Gasteiger partial charge in [-0.15, -0.1) is 0 Å². The van der Waals surface area contributed by atoms with Gasteiger partial charge in [0.15, 0.2) is 0 Å². The minimum atomic E-state index is -0.0654. The first-order valence-electron chi connectivity index (χ1n) is 8.37. The van der Waals surface area contributed by atoms with E-state index in [1.54, 1.807) is 17.8 Å². The Hall–Kier alpha value is -3.47. The third-order valence-electron chi connectivity index (χ3n) is 4.43. The number of nitrogen functional groups attached to an aromatic ring is 1. The summed E-state index contributed by atoms with van der Waals surface area (Å²) in [5.74, 6) is 0.726. The highest BCUT2D eigenvalue weighted by Gasteiger charge is 2.14. The Balaban J connectivity index is 1.82. The van der Waals surface area contributed by atoms with Crippen LogP contribution in [0.2, 0.25) is 0 Å². The number of pyridine rings is 1. The number of benzene rings is 2. The van der Waals surface area contributed by atoms with E-state index in [0.29, 0.717) is 17.8 Å². The molecule has 2 aromatic heterocycles. The van der Waals surface area contributed by atoms with E-state index >= 15 is 0 Å². The number of hydrogen-bond donors (Lipinski definition) is 2. The third-order valence-corrected chi connectivity index (χ3v) is 4.43. The van der Waals surface area contributed by atoms with Crippen LogP contribution in [0.4, 0.5) is 5.69 Å². The zero-order valence-corrected chi connectivity index (χ0v) is 14.4.